The number of hydrogen-bond donors (Lipinski definition) is 1. The molecule has 0 spiro atoms. The summed E-state index contributed by atoms with van der Waals surface area (Å²) in [6, 6.07) is 7.88. The van der Waals surface area contributed by atoms with E-state index in [0.29, 0.717) is 5.92 Å². The van der Waals surface area contributed by atoms with E-state index in [1.807, 2.05) is 37.8 Å². The summed E-state index contributed by atoms with van der Waals surface area (Å²) in [6.45, 7) is 4.16. The van der Waals surface area contributed by atoms with Crippen LogP contribution in [0.5, 0.6) is 0 Å². The Morgan fingerprint density at radius 2 is 2.28 bits per heavy atom. The Balaban J connectivity index is 2.22. The summed E-state index contributed by atoms with van der Waals surface area (Å²) in [6.07, 6.45) is 3.76. The van der Waals surface area contributed by atoms with Gasteiger partial charge in [-0.15, -0.1) is 0 Å². The minimum Gasteiger partial charge on any atom is -0.330 e. The van der Waals surface area contributed by atoms with Crippen LogP contribution in [0.4, 0.5) is 0 Å². The highest BCUT2D eigenvalue weighted by Gasteiger charge is 2.08. The molecule has 96 valence electrons. The zero-order chi connectivity index (χ0) is 13.0. The highest BCUT2D eigenvalue weighted by atomic mass is 35.5. The molecule has 2 rings (SSSR count). The third kappa shape index (κ3) is 3.12. The normalized spacial score (nSPS) is 12.6. The van der Waals surface area contributed by atoms with Gasteiger partial charge in [-0.3, -0.25) is 0 Å². The van der Waals surface area contributed by atoms with E-state index in [0.717, 1.165) is 29.4 Å². The smallest absolute Gasteiger partial charge is 0.0951 e. The molecule has 0 radical (unpaired) electrons. The molecule has 0 saturated heterocycles. The number of aromatic nitrogens is 2. The Morgan fingerprint density at radius 3 is 3.00 bits per heavy atom. The average Bonchev–Trinajstić information content (AvgIpc) is 2.77. The van der Waals surface area contributed by atoms with E-state index in [9.17, 15) is 0 Å². The van der Waals surface area contributed by atoms with E-state index in [1.54, 1.807) is 0 Å². The monoisotopic (exact) mass is 263 g/mol. The van der Waals surface area contributed by atoms with E-state index in [-0.39, 0.29) is 0 Å². The van der Waals surface area contributed by atoms with Crippen LogP contribution < -0.4 is 5.32 Å². The van der Waals surface area contributed by atoms with Gasteiger partial charge in [0, 0.05) is 17.1 Å². The van der Waals surface area contributed by atoms with Crippen molar-refractivity contribution in [2.45, 2.75) is 13.5 Å². The first-order chi connectivity index (χ1) is 8.70. The van der Waals surface area contributed by atoms with Crippen molar-refractivity contribution in [2.24, 2.45) is 5.92 Å². The summed E-state index contributed by atoms with van der Waals surface area (Å²) in [4.78, 5) is 4.24. The molecule has 4 heteroatoms. The molecule has 0 saturated carbocycles. The summed E-state index contributed by atoms with van der Waals surface area (Å²) in [5.41, 5.74) is 2.22. The maximum atomic E-state index is 6.03. The van der Waals surface area contributed by atoms with Crippen molar-refractivity contribution >= 4 is 11.6 Å². The van der Waals surface area contributed by atoms with E-state index >= 15 is 0 Å². The second kappa shape index (κ2) is 6.03. The Bertz CT molecular complexity index is 507. The van der Waals surface area contributed by atoms with E-state index < -0.39 is 0 Å². The van der Waals surface area contributed by atoms with Gasteiger partial charge in [0.1, 0.15) is 0 Å². The second-order valence-corrected chi connectivity index (χ2v) is 5.04. The van der Waals surface area contributed by atoms with Gasteiger partial charge in [-0.1, -0.05) is 30.7 Å². The fraction of sp³-hybridized carbons (Fsp3) is 0.357. The third-order valence-electron chi connectivity index (χ3n) is 2.89. The highest BCUT2D eigenvalue weighted by Crippen LogP contribution is 2.23. The van der Waals surface area contributed by atoms with Crippen LogP contribution in [-0.2, 0) is 6.54 Å². The molecule has 1 atom stereocenters. The lowest BCUT2D eigenvalue weighted by Gasteiger charge is -2.14. The van der Waals surface area contributed by atoms with Gasteiger partial charge < -0.3 is 9.88 Å². The molecule has 3 nitrogen and oxygen atoms in total. The number of benzene rings is 1. The number of imidazole rings is 1. The minimum absolute atomic E-state index is 0.558. The number of rotatable bonds is 5. The van der Waals surface area contributed by atoms with E-state index in [2.05, 4.69) is 27.9 Å². The molecular formula is C14H18ClN3. The summed E-state index contributed by atoms with van der Waals surface area (Å²) in [7, 11) is 1.97. The molecule has 1 N–H and O–H groups in total. The van der Waals surface area contributed by atoms with Gasteiger partial charge in [0.25, 0.3) is 0 Å². The van der Waals surface area contributed by atoms with Gasteiger partial charge in [0.2, 0.25) is 0 Å². The average molecular weight is 264 g/mol. The zero-order valence-electron chi connectivity index (χ0n) is 10.7. The topological polar surface area (TPSA) is 29.9 Å². The molecule has 1 heterocycles. The van der Waals surface area contributed by atoms with Crippen LogP contribution in [-0.4, -0.2) is 23.1 Å². The first kappa shape index (κ1) is 13.1. The molecule has 18 heavy (non-hydrogen) atoms. The predicted molar refractivity (Wildman–Crippen MR) is 75.8 cm³/mol. The SMILES string of the molecule is CNCC(C)Cn1cncc1-c1cccc(Cl)c1. The molecule has 0 bridgehead atoms. The Labute approximate surface area is 113 Å². The summed E-state index contributed by atoms with van der Waals surface area (Å²) in [5, 5.41) is 3.95. The molecule has 0 amide bonds. The number of nitrogens with one attached hydrogen (secondary N) is 1. The molecule has 0 aliphatic carbocycles. The maximum absolute atomic E-state index is 6.03. The lowest BCUT2D eigenvalue weighted by atomic mass is 10.1. The highest BCUT2D eigenvalue weighted by molar-refractivity contribution is 6.30. The van der Waals surface area contributed by atoms with Crippen LogP contribution in [0.1, 0.15) is 6.92 Å². The molecule has 0 aliphatic heterocycles. The van der Waals surface area contributed by atoms with Crippen molar-refractivity contribution in [1.29, 1.82) is 0 Å². The van der Waals surface area contributed by atoms with Crippen molar-refractivity contribution in [3.63, 3.8) is 0 Å². The van der Waals surface area contributed by atoms with Gasteiger partial charge in [-0.25, -0.2) is 4.98 Å². The Hall–Kier alpha value is -1.32. The van der Waals surface area contributed by atoms with Crippen LogP contribution in [0.2, 0.25) is 5.02 Å². The fourth-order valence-corrected chi connectivity index (χ4v) is 2.29. The molecule has 1 unspecified atom stereocenters. The van der Waals surface area contributed by atoms with Gasteiger partial charge in [-0.05, 0) is 31.6 Å². The molecule has 1 aromatic carbocycles. The van der Waals surface area contributed by atoms with Crippen molar-refractivity contribution < 1.29 is 0 Å². The van der Waals surface area contributed by atoms with E-state index in [4.69, 9.17) is 11.6 Å². The summed E-state index contributed by atoms with van der Waals surface area (Å²) >= 11 is 6.03. The predicted octanol–water partition coefficient (Wildman–Crippen LogP) is 3.06. The third-order valence-corrected chi connectivity index (χ3v) is 3.13. The molecule has 0 aliphatic rings. The molecule has 0 fully saturated rings. The van der Waals surface area contributed by atoms with E-state index in [1.165, 1.54) is 0 Å². The van der Waals surface area contributed by atoms with Gasteiger partial charge in [-0.2, -0.15) is 0 Å². The van der Waals surface area contributed by atoms with Crippen LogP contribution in [0.3, 0.4) is 0 Å². The summed E-state index contributed by atoms with van der Waals surface area (Å²) < 4.78 is 2.17. The first-order valence-corrected chi connectivity index (χ1v) is 6.49. The number of nitrogens with zero attached hydrogens (tertiary/aromatic N) is 2. The standard InChI is InChI=1S/C14H18ClN3/c1-11(7-16-2)9-18-10-17-8-14(18)12-4-3-5-13(15)6-12/h3-6,8,10-11,16H,7,9H2,1-2H3. The van der Waals surface area contributed by atoms with Gasteiger partial charge >= 0.3 is 0 Å². The Morgan fingerprint density at radius 1 is 1.44 bits per heavy atom. The van der Waals surface area contributed by atoms with Crippen molar-refractivity contribution in [3.05, 3.63) is 41.8 Å². The number of halogens is 1. The largest absolute Gasteiger partial charge is 0.330 e. The van der Waals surface area contributed by atoms with Crippen LogP contribution in [0, 0.1) is 5.92 Å². The quantitative estimate of drug-likeness (QED) is 0.899. The van der Waals surface area contributed by atoms with Crippen molar-refractivity contribution in [2.75, 3.05) is 13.6 Å². The Kier molecular flexibility index (Phi) is 4.39. The summed E-state index contributed by atoms with van der Waals surface area (Å²) in [5.74, 6) is 0.558. The van der Waals surface area contributed by atoms with Crippen molar-refractivity contribution in [1.82, 2.24) is 14.9 Å². The lowest BCUT2D eigenvalue weighted by molar-refractivity contribution is 0.464. The first-order valence-electron chi connectivity index (χ1n) is 6.11. The van der Waals surface area contributed by atoms with Crippen LogP contribution in [0.15, 0.2) is 36.8 Å². The van der Waals surface area contributed by atoms with Crippen LogP contribution >= 0.6 is 11.6 Å². The molecule has 1 aromatic heterocycles. The van der Waals surface area contributed by atoms with Gasteiger partial charge in [0.15, 0.2) is 0 Å². The maximum Gasteiger partial charge on any atom is 0.0951 e. The second-order valence-electron chi connectivity index (χ2n) is 4.60. The number of hydrogen-bond acceptors (Lipinski definition) is 2. The molecule has 2 aromatic rings. The lowest BCUT2D eigenvalue weighted by Crippen LogP contribution is -2.20. The molecular weight excluding hydrogens is 246 g/mol. The van der Waals surface area contributed by atoms with Gasteiger partial charge in [0.05, 0.1) is 18.2 Å². The minimum atomic E-state index is 0.558. The van der Waals surface area contributed by atoms with Crippen LogP contribution in [0.25, 0.3) is 11.3 Å². The zero-order valence-corrected chi connectivity index (χ0v) is 11.5. The fourth-order valence-electron chi connectivity index (χ4n) is 2.10. The van der Waals surface area contributed by atoms with Crippen molar-refractivity contribution in [3.8, 4) is 11.3 Å².